The number of aliphatic carboxylic acids is 6. The Hall–Kier alpha value is -15.1. The number of aromatic carboxylic acids is 1. The van der Waals surface area contributed by atoms with Crippen molar-refractivity contribution in [1.29, 1.82) is 0 Å². The molecule has 7 rings (SSSR count). The fraction of sp³-hybridized carbons (Fsp3) is 0.424. The number of imide groups is 1. The van der Waals surface area contributed by atoms with Crippen molar-refractivity contribution in [3.63, 3.8) is 0 Å². The van der Waals surface area contributed by atoms with Crippen LogP contribution in [0.15, 0.2) is 117 Å². The third kappa shape index (κ3) is 41.3. The average Bonchev–Trinajstić information content (AvgIpc) is 0.840. The number of carboxylic acid groups (broad SMARTS) is 7. The summed E-state index contributed by atoms with van der Waals surface area (Å²) in [5.41, 5.74) is 3.96. The zero-order valence-corrected chi connectivity index (χ0v) is 82.4. The van der Waals surface area contributed by atoms with Crippen LogP contribution in [0.2, 0.25) is 0 Å². The Balaban J connectivity index is 0.000000549. The van der Waals surface area contributed by atoms with Crippen molar-refractivity contribution in [3.05, 3.63) is 131 Å². The highest BCUT2D eigenvalue weighted by molar-refractivity contribution is 8.00. The number of nitrogens with two attached hydrogens (primary N) is 2. The number of ketones is 5. The zero-order chi connectivity index (χ0) is 110. The standard InChI is InChI=1S/C60H65N7O27S3.C32H44N4O15S/c61-38-12-10-35-50(36-11-13-39(62)55(97(88,89)90)53(36)94-52(35)54(38)96(85,86)87)34-9-8-32(26-37(34)57(78)79)42(69)7-4-20-67-48(73)28-44(56(67)77)95-29-33(51(76)59(82)83)27-43(70)41(25-31-5-2-1-3-6-31)64-46(72)18-21-91-23-24-92-22-19-63-45(71)15-14-40(58(80)81)65-60(84)66-47(93-30-68)16-17-49(74)75;37-19-51-27(8-9-28(41)42)36-32(48)35-22(30(44)45)6-7-25(39)33-11-13-50-15-14-49-12-10-26(40)34-23(16-20-4-2-1-3-5-20)24(38)17-21(18-52)29(43)31(46)47/h1-3,5-6,8-13,26,30,33,40-41,44,47,61H,4,7,14-25,27-29,62H2,(H,63,71)(H,64,72)(H,74,75)(H,78,79)(H,80,81)(H,82,83)(H2,65,66,84)(H,85,86,87)(H,88,89,90);1-5,19,21-23,27,52H,6-18H2,(H,33,39)(H,34,40)(H,41,42)(H,44,45)(H,46,47)(H2,35,36,48)/p-1/t33?,40-,41?,44?,47+;21?,22-,23?,27+/m11/s1. The minimum atomic E-state index is -5.52. The molecule has 0 radical (unpaired) electrons. The molecule has 1 aliphatic carbocycles. The van der Waals surface area contributed by atoms with E-state index in [-0.39, 0.29) is 189 Å². The maximum atomic E-state index is 14.0. The number of carbonyl (C=O) groups is 22. The smallest absolute Gasteiger partial charge is 0.372 e. The van der Waals surface area contributed by atoms with Gasteiger partial charge in [0.25, 0.3) is 12.9 Å². The molecule has 4 aromatic rings. The number of anilines is 1. The molecule has 149 heavy (non-hydrogen) atoms. The van der Waals surface area contributed by atoms with Crippen LogP contribution in [0.4, 0.5) is 15.3 Å². The number of rotatable bonds is 69. The number of nitrogens with one attached hydrogen (secondary N) is 8. The Morgan fingerprint density at radius 3 is 1.42 bits per heavy atom. The number of urea groups is 2. The summed E-state index contributed by atoms with van der Waals surface area (Å²) in [7, 11) is -11.0. The second-order valence-electron chi connectivity index (χ2n) is 32.5. The molecule has 4 aromatic carbocycles. The maximum absolute atomic E-state index is 14.0. The summed E-state index contributed by atoms with van der Waals surface area (Å²) in [5, 5.41) is 88.1. The number of thiol groups is 1. The van der Waals surface area contributed by atoms with Crippen LogP contribution in [0.25, 0.3) is 33.4 Å². The van der Waals surface area contributed by atoms with Gasteiger partial charge in [-0.3, -0.25) is 82.2 Å². The van der Waals surface area contributed by atoms with Gasteiger partial charge in [0.2, 0.25) is 52.4 Å². The lowest BCUT2D eigenvalue weighted by Gasteiger charge is -2.22. The minimum Gasteiger partial charge on any atom is -0.744 e. The van der Waals surface area contributed by atoms with Crippen molar-refractivity contribution >= 4 is 192 Å². The number of thioether (sulfide) groups is 1. The van der Waals surface area contributed by atoms with Crippen molar-refractivity contribution in [3.8, 4) is 22.5 Å². The highest BCUT2D eigenvalue weighted by Gasteiger charge is 2.42. The normalized spacial score (nSPS) is 13.9. The van der Waals surface area contributed by atoms with Crippen LogP contribution in [0.3, 0.4) is 0 Å². The highest BCUT2D eigenvalue weighted by Crippen LogP contribution is 2.46. The van der Waals surface area contributed by atoms with Crippen LogP contribution in [-0.2, 0) is 148 Å². The molecule has 0 bridgehead atoms. The van der Waals surface area contributed by atoms with Crippen LogP contribution < -0.4 is 59.0 Å². The highest BCUT2D eigenvalue weighted by atomic mass is 32.2. The van der Waals surface area contributed by atoms with Crippen molar-refractivity contribution in [2.24, 2.45) is 11.8 Å². The third-order valence-corrected chi connectivity index (χ3v) is 25.4. The molecule has 0 spiro atoms. The van der Waals surface area contributed by atoms with E-state index in [1.54, 1.807) is 60.7 Å². The SMILES string of the molecule is Nc1ccc2c(-c3ccc(C(=O)CCCN4C(=O)CC(SCC(CC(=O)C(Cc5ccccc5)NC(=O)CCOCCOCCNC(=O)CC[C@@H](NC(=O)N[C@H](CCC(=O)O)OC=O)C(=O)O)C(=O)C(=O)O)C4=O)cc3C(=O)O)c3ccc(=[NH2+])c(S(=O)(=O)[O-])c-3oc2c1S(=O)(=O)[O-].O=CO[C@@H](CCC(=O)O)NC(=O)N[C@H](CCC(=O)NCCOCCOCCC(=O)NC(Cc1ccccc1)C(=O)CC(CS)C(=O)C(=O)O)C(=O)O. The number of nitrogen functional groups attached to an aromatic ring is 1. The molecule has 2 aliphatic heterocycles. The second kappa shape index (κ2) is 61.5. The molecule has 5 unspecified atom stereocenters. The van der Waals surface area contributed by atoms with Gasteiger partial charge in [-0.2, -0.15) is 12.6 Å². The molecule has 1 saturated heterocycles. The molecule has 57 heteroatoms. The van der Waals surface area contributed by atoms with Gasteiger partial charge in [-0.05, 0) is 73.1 Å². The summed E-state index contributed by atoms with van der Waals surface area (Å²) in [6, 6.07) is 17.2. The summed E-state index contributed by atoms with van der Waals surface area (Å²) in [6.45, 7) is -0.272. The molecular formula is C92H108N11O42S4-. The van der Waals surface area contributed by atoms with Gasteiger partial charge in [-0.25, -0.2) is 50.4 Å². The number of carbonyl (C=O) groups excluding carboxylic acids is 15. The van der Waals surface area contributed by atoms with Crippen LogP contribution in [0.1, 0.15) is 128 Å². The fourth-order valence-electron chi connectivity index (χ4n) is 14.4. The van der Waals surface area contributed by atoms with Gasteiger partial charge in [0, 0.05) is 135 Å². The van der Waals surface area contributed by atoms with E-state index < -0.39 is 274 Å². The Kier molecular flexibility index (Phi) is 50.6. The van der Waals surface area contributed by atoms with E-state index in [0.717, 1.165) is 64.7 Å². The minimum absolute atomic E-state index is 0.00230. The van der Waals surface area contributed by atoms with Gasteiger partial charge in [0.05, 0.1) is 94.3 Å². The van der Waals surface area contributed by atoms with Crippen LogP contribution in [0.5, 0.6) is 0 Å². The third-order valence-electron chi connectivity index (χ3n) is 21.8. The van der Waals surface area contributed by atoms with Crippen LogP contribution in [-0.4, -0.2) is 324 Å². The average molecular weight is 2170 g/mol. The molecule has 19 N–H and O–H groups in total. The molecule has 0 aromatic heterocycles. The van der Waals surface area contributed by atoms with Gasteiger partial charge in [0.15, 0.2) is 46.0 Å². The Morgan fingerprint density at radius 1 is 0.523 bits per heavy atom. The summed E-state index contributed by atoms with van der Waals surface area (Å²) in [5.74, 6) is -23.0. The number of ether oxygens (including phenoxy) is 6. The number of hydrogen-bond donors (Lipinski definition) is 18. The van der Waals surface area contributed by atoms with Crippen molar-refractivity contribution in [1.82, 2.24) is 47.4 Å². The Bertz CT molecular complexity index is 6130. The number of fused-ring (bicyclic) bond motifs is 2. The number of likely N-dealkylation sites (tertiary alicyclic amines) is 1. The summed E-state index contributed by atoms with van der Waals surface area (Å²) >= 11 is 4.73. The first kappa shape index (κ1) is 123. The van der Waals surface area contributed by atoms with Gasteiger partial charge in [-0.15, -0.1) is 11.8 Å². The summed E-state index contributed by atoms with van der Waals surface area (Å²) in [4.78, 5) is 268. The molecule has 53 nitrogen and oxygen atoms in total. The molecule has 808 valence electrons. The van der Waals surface area contributed by atoms with E-state index in [0.29, 0.717) is 5.56 Å². The van der Waals surface area contributed by atoms with E-state index in [2.05, 4.69) is 64.6 Å². The largest absolute Gasteiger partial charge is 0.744 e. The number of nitrogens with zero attached hydrogens (tertiary/aromatic N) is 1. The van der Waals surface area contributed by atoms with Gasteiger partial charge < -0.3 is 126 Å². The van der Waals surface area contributed by atoms with E-state index >= 15 is 0 Å². The van der Waals surface area contributed by atoms with Crippen LogP contribution in [0, 0.1) is 11.8 Å². The van der Waals surface area contributed by atoms with E-state index in [1.807, 2.05) is 0 Å². The van der Waals surface area contributed by atoms with Crippen molar-refractivity contribution in [2.75, 3.05) is 89.7 Å². The van der Waals surface area contributed by atoms with Crippen LogP contribution >= 0.6 is 24.4 Å². The van der Waals surface area contributed by atoms with Gasteiger partial charge in [0.1, 0.15) is 37.2 Å². The van der Waals surface area contributed by atoms with E-state index in [9.17, 15) is 152 Å². The predicted octanol–water partition coefficient (Wildman–Crippen LogP) is -1.52. The molecule has 0 saturated carbocycles. The lowest BCUT2D eigenvalue weighted by Crippen LogP contribution is -2.50. The summed E-state index contributed by atoms with van der Waals surface area (Å²) in [6.07, 6.45) is -7.84. The van der Waals surface area contributed by atoms with E-state index in [4.69, 9.17) is 49.8 Å². The zero-order valence-electron chi connectivity index (χ0n) is 79.1. The summed E-state index contributed by atoms with van der Waals surface area (Å²) < 4.78 is 111. The molecule has 10 amide bonds. The fourth-order valence-corrected chi connectivity index (χ4v) is 17.5. The van der Waals surface area contributed by atoms with Gasteiger partial charge in [-0.1, -0.05) is 72.8 Å². The molecule has 9 atom stereocenters. The molecular weight excluding hydrogens is 2060 g/mol. The Labute approximate surface area is 856 Å². The van der Waals surface area contributed by atoms with Crippen molar-refractivity contribution < 1.29 is 205 Å². The van der Waals surface area contributed by atoms with Crippen molar-refractivity contribution in [2.45, 2.75) is 161 Å². The van der Waals surface area contributed by atoms with Gasteiger partial charge >= 0.3 is 53.8 Å². The predicted molar refractivity (Wildman–Crippen MR) is 510 cm³/mol. The number of Topliss-reactive ketones (excluding diaryl/α,β-unsaturated/α-hetero) is 5. The number of hydrogen-bond acceptors (Lipinski definition) is 38. The van der Waals surface area contributed by atoms with E-state index in [1.165, 1.54) is 0 Å². The first-order chi connectivity index (χ1) is 70.6. The number of benzene rings is 5. The lowest BCUT2D eigenvalue weighted by atomic mass is 9.89. The quantitative estimate of drug-likeness (QED) is 0.00197. The molecule has 2 heterocycles. The lowest BCUT2D eigenvalue weighted by molar-refractivity contribution is -0.176. The number of amides is 10. The topological polar surface area (TPSA) is 851 Å². The second-order valence-corrected chi connectivity index (χ2v) is 36.8. The number of carboxylic acids is 7. The molecule has 3 aliphatic rings. The Morgan fingerprint density at radius 2 is 0.980 bits per heavy atom. The maximum Gasteiger partial charge on any atom is 0.372 e. The first-order valence-corrected chi connectivity index (χ1v) is 49.7. The first-order valence-electron chi connectivity index (χ1n) is 45.2. The monoisotopic (exact) mass is 2170 g/mol. The molecule has 1 fully saturated rings.